The number of benzene rings is 2. The van der Waals surface area contributed by atoms with Crippen LogP contribution in [0, 0.1) is 5.82 Å². The van der Waals surface area contributed by atoms with Crippen molar-refractivity contribution < 1.29 is 9.13 Å². The molecule has 0 aliphatic carbocycles. The highest BCUT2D eigenvalue weighted by Gasteiger charge is 2.21. The zero-order valence-corrected chi connectivity index (χ0v) is 12.8. The fourth-order valence-corrected chi connectivity index (χ4v) is 2.37. The maximum absolute atomic E-state index is 13.4. The van der Waals surface area contributed by atoms with E-state index >= 15 is 0 Å². The van der Waals surface area contributed by atoms with Crippen molar-refractivity contribution >= 4 is 15.9 Å². The van der Waals surface area contributed by atoms with Gasteiger partial charge in [-0.1, -0.05) is 41.1 Å². The molecule has 0 amide bonds. The number of ether oxygens (including phenoxy) is 1. The van der Waals surface area contributed by atoms with E-state index in [0.29, 0.717) is 5.75 Å². The Balaban J connectivity index is 2.29. The first-order valence-electron chi connectivity index (χ1n) is 6.53. The molecule has 0 aliphatic rings. The quantitative estimate of drug-likeness (QED) is 0.874. The van der Waals surface area contributed by atoms with Crippen LogP contribution in [0.1, 0.15) is 25.0 Å². The molecular formula is C16H17BrFNO. The molecule has 2 nitrogen and oxygen atoms in total. The van der Waals surface area contributed by atoms with Gasteiger partial charge in [0.1, 0.15) is 17.7 Å². The highest BCUT2D eigenvalue weighted by Crippen LogP contribution is 2.27. The topological polar surface area (TPSA) is 35.2 Å². The molecule has 4 heteroatoms. The first-order chi connectivity index (χ1) is 9.60. The van der Waals surface area contributed by atoms with Gasteiger partial charge in [0.05, 0.1) is 0 Å². The summed E-state index contributed by atoms with van der Waals surface area (Å²) in [4.78, 5) is 0. The Morgan fingerprint density at radius 2 is 1.95 bits per heavy atom. The standard InChI is InChI=1S/C16H17BrFNO/c1-2-15(19)16(11-5-3-7-13(18)9-11)20-14-8-4-6-12(17)10-14/h3-10,15-16H,2,19H2,1H3. The molecule has 2 aromatic rings. The van der Waals surface area contributed by atoms with Crippen molar-refractivity contribution in [3.63, 3.8) is 0 Å². The van der Waals surface area contributed by atoms with Crippen LogP contribution in [-0.4, -0.2) is 6.04 Å². The average Bonchev–Trinajstić information content (AvgIpc) is 2.44. The van der Waals surface area contributed by atoms with E-state index in [1.807, 2.05) is 37.3 Å². The van der Waals surface area contributed by atoms with Crippen molar-refractivity contribution in [1.29, 1.82) is 0 Å². The minimum absolute atomic E-state index is 0.198. The van der Waals surface area contributed by atoms with E-state index in [2.05, 4.69) is 15.9 Å². The second-order valence-corrected chi connectivity index (χ2v) is 5.54. The Hall–Kier alpha value is -1.39. The van der Waals surface area contributed by atoms with Gasteiger partial charge < -0.3 is 10.5 Å². The summed E-state index contributed by atoms with van der Waals surface area (Å²) in [6, 6.07) is 13.7. The number of rotatable bonds is 5. The Morgan fingerprint density at radius 3 is 2.60 bits per heavy atom. The Bertz CT molecular complexity index is 576. The molecule has 0 heterocycles. The van der Waals surface area contributed by atoms with Crippen LogP contribution in [0.4, 0.5) is 4.39 Å². The van der Waals surface area contributed by atoms with Crippen LogP contribution in [0.3, 0.4) is 0 Å². The minimum atomic E-state index is -0.370. The normalized spacial score (nSPS) is 13.8. The van der Waals surface area contributed by atoms with Crippen LogP contribution in [0.25, 0.3) is 0 Å². The lowest BCUT2D eigenvalue weighted by molar-refractivity contribution is 0.170. The monoisotopic (exact) mass is 337 g/mol. The van der Waals surface area contributed by atoms with Gasteiger partial charge in [-0.15, -0.1) is 0 Å². The molecule has 20 heavy (non-hydrogen) atoms. The van der Waals surface area contributed by atoms with Gasteiger partial charge in [0.2, 0.25) is 0 Å². The van der Waals surface area contributed by atoms with Gasteiger partial charge >= 0.3 is 0 Å². The Morgan fingerprint density at radius 1 is 1.20 bits per heavy atom. The van der Waals surface area contributed by atoms with Crippen molar-refractivity contribution in [3.05, 3.63) is 64.4 Å². The van der Waals surface area contributed by atoms with Gasteiger partial charge in [0.25, 0.3) is 0 Å². The lowest BCUT2D eigenvalue weighted by atomic mass is 10.0. The molecule has 2 N–H and O–H groups in total. The predicted molar refractivity (Wildman–Crippen MR) is 82.2 cm³/mol. The average molecular weight is 338 g/mol. The summed E-state index contributed by atoms with van der Waals surface area (Å²) >= 11 is 3.40. The number of nitrogens with two attached hydrogens (primary N) is 1. The van der Waals surface area contributed by atoms with Crippen LogP contribution in [0.5, 0.6) is 5.75 Å². The fraction of sp³-hybridized carbons (Fsp3) is 0.250. The second kappa shape index (κ2) is 6.86. The van der Waals surface area contributed by atoms with Crippen molar-refractivity contribution in [3.8, 4) is 5.75 Å². The van der Waals surface area contributed by atoms with Crippen molar-refractivity contribution in [1.82, 2.24) is 0 Å². The summed E-state index contributed by atoms with van der Waals surface area (Å²) in [5.74, 6) is 0.422. The Labute approximate surface area is 126 Å². The Kier molecular flexibility index (Phi) is 5.15. The third-order valence-electron chi connectivity index (χ3n) is 3.10. The lowest BCUT2D eigenvalue weighted by Gasteiger charge is -2.25. The first kappa shape index (κ1) is 15.0. The van der Waals surface area contributed by atoms with E-state index in [1.165, 1.54) is 12.1 Å². The number of hydrogen-bond acceptors (Lipinski definition) is 2. The molecule has 0 saturated heterocycles. The molecule has 0 bridgehead atoms. The van der Waals surface area contributed by atoms with E-state index < -0.39 is 0 Å². The molecule has 2 unspecified atom stereocenters. The molecule has 0 radical (unpaired) electrons. The molecular weight excluding hydrogens is 321 g/mol. The molecule has 0 aromatic heterocycles. The fourth-order valence-electron chi connectivity index (χ4n) is 1.99. The highest BCUT2D eigenvalue weighted by atomic mass is 79.9. The van der Waals surface area contributed by atoms with E-state index in [9.17, 15) is 4.39 Å². The minimum Gasteiger partial charge on any atom is -0.484 e. The summed E-state index contributed by atoms with van der Waals surface area (Å²) in [6.45, 7) is 1.99. The van der Waals surface area contributed by atoms with Gasteiger partial charge in [-0.2, -0.15) is 0 Å². The SMILES string of the molecule is CCC(N)C(Oc1cccc(Br)c1)c1cccc(F)c1. The van der Waals surface area contributed by atoms with Crippen LogP contribution >= 0.6 is 15.9 Å². The maximum atomic E-state index is 13.4. The van der Waals surface area contributed by atoms with Crippen LogP contribution in [0.15, 0.2) is 53.0 Å². The maximum Gasteiger partial charge on any atom is 0.139 e. The zero-order valence-electron chi connectivity index (χ0n) is 11.2. The van der Waals surface area contributed by atoms with Gasteiger partial charge in [-0.05, 0) is 42.3 Å². The third kappa shape index (κ3) is 3.81. The summed E-state index contributed by atoms with van der Waals surface area (Å²) in [5, 5.41) is 0. The molecule has 2 aromatic carbocycles. The van der Waals surface area contributed by atoms with Crippen LogP contribution in [-0.2, 0) is 0 Å². The smallest absolute Gasteiger partial charge is 0.139 e. The van der Waals surface area contributed by atoms with Gasteiger partial charge in [-0.25, -0.2) is 4.39 Å². The second-order valence-electron chi connectivity index (χ2n) is 4.62. The number of hydrogen-bond donors (Lipinski definition) is 1. The van der Waals surface area contributed by atoms with Crippen LogP contribution in [0.2, 0.25) is 0 Å². The van der Waals surface area contributed by atoms with Crippen molar-refractivity contribution in [2.75, 3.05) is 0 Å². The lowest BCUT2D eigenvalue weighted by Crippen LogP contribution is -2.31. The molecule has 2 rings (SSSR count). The van der Waals surface area contributed by atoms with E-state index in [0.717, 1.165) is 16.5 Å². The summed E-state index contributed by atoms with van der Waals surface area (Å²) < 4.78 is 20.3. The molecule has 0 saturated carbocycles. The molecule has 2 atom stereocenters. The van der Waals surface area contributed by atoms with Crippen molar-refractivity contribution in [2.45, 2.75) is 25.5 Å². The predicted octanol–water partition coefficient (Wildman–Crippen LogP) is 4.45. The molecule has 0 aliphatic heterocycles. The highest BCUT2D eigenvalue weighted by molar-refractivity contribution is 9.10. The van der Waals surface area contributed by atoms with E-state index in [1.54, 1.807) is 6.07 Å². The largest absolute Gasteiger partial charge is 0.484 e. The van der Waals surface area contributed by atoms with Gasteiger partial charge in [0, 0.05) is 10.5 Å². The van der Waals surface area contributed by atoms with Gasteiger partial charge in [-0.3, -0.25) is 0 Å². The van der Waals surface area contributed by atoms with E-state index in [-0.39, 0.29) is 18.0 Å². The molecule has 106 valence electrons. The summed E-state index contributed by atoms with van der Waals surface area (Å²) in [5.41, 5.74) is 6.88. The zero-order chi connectivity index (χ0) is 14.5. The molecule has 0 fully saturated rings. The van der Waals surface area contributed by atoms with Gasteiger partial charge in [0.15, 0.2) is 0 Å². The van der Waals surface area contributed by atoms with Crippen molar-refractivity contribution in [2.24, 2.45) is 5.73 Å². The third-order valence-corrected chi connectivity index (χ3v) is 3.59. The summed E-state index contributed by atoms with van der Waals surface area (Å²) in [6.07, 6.45) is 0.375. The van der Waals surface area contributed by atoms with Crippen LogP contribution < -0.4 is 10.5 Å². The summed E-state index contributed by atoms with van der Waals surface area (Å²) in [7, 11) is 0. The van der Waals surface area contributed by atoms with E-state index in [4.69, 9.17) is 10.5 Å². The number of halogens is 2. The first-order valence-corrected chi connectivity index (χ1v) is 7.32. The molecule has 0 spiro atoms.